The third-order valence-corrected chi connectivity index (χ3v) is 0.667. The van der Waals surface area contributed by atoms with Crippen LogP contribution in [-0.4, -0.2) is 9.97 Å². The van der Waals surface area contributed by atoms with E-state index in [4.69, 9.17) is 0 Å². The van der Waals surface area contributed by atoms with Gasteiger partial charge in [0.25, 0.3) is 0 Å². The number of hydrogen-bond donors (Lipinski definition) is 0. The van der Waals surface area contributed by atoms with Gasteiger partial charge in [-0.3, -0.25) is 0 Å². The van der Waals surface area contributed by atoms with Gasteiger partial charge in [-0.2, -0.15) is 0 Å². The van der Waals surface area contributed by atoms with E-state index in [1.54, 1.807) is 6.07 Å². The summed E-state index contributed by atoms with van der Waals surface area (Å²) in [6.07, 6.45) is 4.13. The summed E-state index contributed by atoms with van der Waals surface area (Å²) in [7, 11) is 0. The molecule has 0 spiro atoms. The molecule has 0 aromatic carbocycles. The molecule has 43 valence electrons. The molecule has 1 aromatic heterocycles. The molecule has 1 aromatic rings. The van der Waals surface area contributed by atoms with Crippen LogP contribution in [-0.2, 0) is 20.4 Å². The Labute approximate surface area is 62.0 Å². The van der Waals surface area contributed by atoms with E-state index in [1.807, 2.05) is 6.92 Å². The van der Waals surface area contributed by atoms with Crippen LogP contribution in [0.15, 0.2) is 12.4 Å². The van der Waals surface area contributed by atoms with Gasteiger partial charge in [0.2, 0.25) is 0 Å². The minimum Gasteiger partial charge on any atom is -0.376 e. The van der Waals surface area contributed by atoms with E-state index < -0.39 is 0 Å². The van der Waals surface area contributed by atoms with Crippen LogP contribution in [0.25, 0.3) is 0 Å². The first kappa shape index (κ1) is 7.74. The molecule has 1 radical (unpaired) electrons. The zero-order valence-electron chi connectivity index (χ0n) is 4.43. The van der Waals surface area contributed by atoms with Gasteiger partial charge < -0.3 is 9.97 Å². The molecule has 3 heteroatoms. The standard InChI is InChI=1S/C5H5N2.Re/c1-5-2-3-6-4-7-5;/h2,4H,1H3;/q-1;. The van der Waals surface area contributed by atoms with E-state index >= 15 is 0 Å². The fourth-order valence-corrected chi connectivity index (χ4v) is 0.321. The maximum absolute atomic E-state index is 3.84. The average molecular weight is 279 g/mol. The Morgan fingerprint density at radius 3 is 2.62 bits per heavy atom. The van der Waals surface area contributed by atoms with Gasteiger partial charge >= 0.3 is 0 Å². The minimum absolute atomic E-state index is 0. The normalized spacial score (nSPS) is 7.62. The van der Waals surface area contributed by atoms with Crippen molar-refractivity contribution in [2.45, 2.75) is 6.92 Å². The molecule has 0 fully saturated rings. The summed E-state index contributed by atoms with van der Waals surface area (Å²) in [5.41, 5.74) is 0.954. The van der Waals surface area contributed by atoms with Gasteiger partial charge in [0.15, 0.2) is 0 Å². The maximum atomic E-state index is 3.84. The smallest absolute Gasteiger partial charge is 0 e. The van der Waals surface area contributed by atoms with Crippen LogP contribution >= 0.6 is 0 Å². The van der Waals surface area contributed by atoms with Crippen molar-refractivity contribution in [3.63, 3.8) is 0 Å². The van der Waals surface area contributed by atoms with Gasteiger partial charge in [-0.05, 0) is 6.33 Å². The summed E-state index contributed by atoms with van der Waals surface area (Å²) >= 11 is 0. The molecule has 0 atom stereocenters. The molecule has 0 amide bonds. The fraction of sp³-hybridized carbons (Fsp3) is 0.200. The van der Waals surface area contributed by atoms with Crippen molar-refractivity contribution in [3.8, 4) is 0 Å². The van der Waals surface area contributed by atoms with E-state index in [0.717, 1.165) is 5.69 Å². The zero-order valence-corrected chi connectivity index (χ0v) is 7.14. The van der Waals surface area contributed by atoms with Crippen molar-refractivity contribution < 1.29 is 20.4 Å². The summed E-state index contributed by atoms with van der Waals surface area (Å²) in [5, 5.41) is 0. The zero-order chi connectivity index (χ0) is 5.11. The van der Waals surface area contributed by atoms with Crippen molar-refractivity contribution in [1.82, 2.24) is 9.97 Å². The molecule has 8 heavy (non-hydrogen) atoms. The molecule has 0 unspecified atom stereocenters. The Balaban J connectivity index is 0.000000490. The van der Waals surface area contributed by atoms with Crippen LogP contribution in [0.1, 0.15) is 5.69 Å². The monoisotopic (exact) mass is 280 g/mol. The van der Waals surface area contributed by atoms with Crippen LogP contribution in [0.5, 0.6) is 0 Å². The number of rotatable bonds is 0. The summed E-state index contributed by atoms with van der Waals surface area (Å²) < 4.78 is 0. The summed E-state index contributed by atoms with van der Waals surface area (Å²) in [5.74, 6) is 0. The summed E-state index contributed by atoms with van der Waals surface area (Å²) in [6, 6.07) is 1.74. The number of aryl methyl sites for hydroxylation is 1. The molecule has 1 rings (SSSR count). The van der Waals surface area contributed by atoms with Crippen LogP contribution in [0, 0.1) is 13.1 Å². The average Bonchev–Trinajstić information content (AvgIpc) is 1.69. The first-order chi connectivity index (χ1) is 3.39. The number of nitrogens with zero attached hydrogens (tertiary/aromatic N) is 2. The van der Waals surface area contributed by atoms with E-state index in [0.29, 0.717) is 0 Å². The molecule has 0 N–H and O–H groups in total. The Morgan fingerprint density at radius 1 is 1.62 bits per heavy atom. The van der Waals surface area contributed by atoms with Crippen molar-refractivity contribution in [1.29, 1.82) is 0 Å². The third kappa shape index (κ3) is 2.15. The Morgan fingerprint density at radius 2 is 2.38 bits per heavy atom. The van der Waals surface area contributed by atoms with E-state index in [2.05, 4.69) is 16.2 Å². The quantitative estimate of drug-likeness (QED) is 0.649. The second-order valence-electron chi connectivity index (χ2n) is 1.29. The van der Waals surface area contributed by atoms with Gasteiger partial charge in [0, 0.05) is 20.4 Å². The van der Waals surface area contributed by atoms with E-state index in [1.165, 1.54) is 6.33 Å². The summed E-state index contributed by atoms with van der Waals surface area (Å²) in [4.78, 5) is 7.45. The summed E-state index contributed by atoms with van der Waals surface area (Å²) in [6.45, 7) is 1.90. The molecule has 0 saturated carbocycles. The Kier molecular flexibility index (Phi) is 3.59. The SMILES string of the molecule is Cc1c[c-]ncn1.[Re]. The van der Waals surface area contributed by atoms with Crippen LogP contribution < -0.4 is 0 Å². The molecule has 1 heterocycles. The molecule has 2 nitrogen and oxygen atoms in total. The Bertz CT molecular complexity index is 140. The van der Waals surface area contributed by atoms with Crippen LogP contribution in [0.3, 0.4) is 0 Å². The molecule has 0 saturated heterocycles. The van der Waals surface area contributed by atoms with Gasteiger partial charge in [0.1, 0.15) is 0 Å². The predicted molar refractivity (Wildman–Crippen MR) is 25.6 cm³/mol. The van der Waals surface area contributed by atoms with Crippen LogP contribution in [0.2, 0.25) is 0 Å². The van der Waals surface area contributed by atoms with Crippen molar-refractivity contribution in [2.24, 2.45) is 0 Å². The molecule has 0 bridgehead atoms. The second kappa shape index (κ2) is 3.71. The fourth-order valence-electron chi connectivity index (χ4n) is 0.321. The molecule has 0 aliphatic heterocycles. The largest absolute Gasteiger partial charge is 0.376 e. The molecular weight excluding hydrogens is 274 g/mol. The third-order valence-electron chi connectivity index (χ3n) is 0.667. The maximum Gasteiger partial charge on any atom is 0 e. The van der Waals surface area contributed by atoms with Crippen molar-refractivity contribution in [3.05, 3.63) is 24.3 Å². The first-order valence-electron chi connectivity index (χ1n) is 2.04. The van der Waals surface area contributed by atoms with Crippen molar-refractivity contribution >= 4 is 0 Å². The number of aromatic nitrogens is 2. The molecular formula is C5H5N2Re-. The van der Waals surface area contributed by atoms with E-state index in [9.17, 15) is 0 Å². The first-order valence-corrected chi connectivity index (χ1v) is 2.04. The van der Waals surface area contributed by atoms with Gasteiger partial charge in [0.05, 0.1) is 0 Å². The van der Waals surface area contributed by atoms with Crippen LogP contribution in [0.4, 0.5) is 0 Å². The number of hydrogen-bond acceptors (Lipinski definition) is 2. The van der Waals surface area contributed by atoms with Gasteiger partial charge in [-0.1, -0.05) is 18.8 Å². The van der Waals surface area contributed by atoms with E-state index in [-0.39, 0.29) is 20.4 Å². The molecule has 0 aliphatic carbocycles. The minimum atomic E-state index is 0. The second-order valence-corrected chi connectivity index (χ2v) is 1.29. The van der Waals surface area contributed by atoms with Gasteiger partial charge in [-0.15, -0.1) is 6.07 Å². The Hall–Kier alpha value is -0.258. The van der Waals surface area contributed by atoms with Gasteiger partial charge in [-0.25, -0.2) is 0 Å². The topological polar surface area (TPSA) is 25.8 Å². The molecule has 0 aliphatic rings. The van der Waals surface area contributed by atoms with Crippen molar-refractivity contribution in [2.75, 3.05) is 0 Å². The predicted octanol–water partition coefficient (Wildman–Crippen LogP) is 0.583.